The normalized spacial score (nSPS) is 17.9. The molecule has 6 amide bonds. The zero-order valence-electron chi connectivity index (χ0n) is 36.3. The predicted octanol–water partition coefficient (Wildman–Crippen LogP) is 7.77. The Kier molecular flexibility index (Phi) is 12.9. The summed E-state index contributed by atoms with van der Waals surface area (Å²) in [4.78, 5) is 95.9. The molecule has 1 atom stereocenters. The Labute approximate surface area is 386 Å². The molecule has 3 aromatic carbocycles. The average Bonchev–Trinajstić information content (AvgIpc) is 3.78. The summed E-state index contributed by atoms with van der Waals surface area (Å²) in [5, 5.41) is 5.88. The minimum atomic E-state index is -1.04. The van der Waals surface area contributed by atoms with Crippen molar-refractivity contribution in [2.75, 3.05) is 36.5 Å². The summed E-state index contributed by atoms with van der Waals surface area (Å²) in [7, 11) is 0. The molecular weight excluding hydrogens is 860 g/mol. The lowest BCUT2D eigenvalue weighted by Gasteiger charge is -2.38. The van der Waals surface area contributed by atoms with Crippen LogP contribution in [0.2, 0.25) is 5.02 Å². The van der Waals surface area contributed by atoms with Gasteiger partial charge in [-0.1, -0.05) is 85.5 Å². The highest BCUT2D eigenvalue weighted by molar-refractivity contribution is 6.33. The number of halogens is 1. The van der Waals surface area contributed by atoms with Gasteiger partial charge in [0.15, 0.2) is 0 Å². The van der Waals surface area contributed by atoms with Gasteiger partial charge in [0.1, 0.15) is 11.8 Å². The maximum absolute atomic E-state index is 14.0. The zero-order chi connectivity index (χ0) is 45.8. The van der Waals surface area contributed by atoms with Gasteiger partial charge in [0, 0.05) is 38.0 Å². The minimum absolute atomic E-state index is 0.0515. The lowest BCUT2D eigenvalue weighted by molar-refractivity contribution is -0.137. The Balaban J connectivity index is 0.705. The Morgan fingerprint density at radius 2 is 1.55 bits per heavy atom. The van der Waals surface area contributed by atoms with Crippen molar-refractivity contribution in [1.29, 1.82) is 0 Å². The van der Waals surface area contributed by atoms with Crippen LogP contribution in [0, 0.1) is 5.41 Å². The van der Waals surface area contributed by atoms with Gasteiger partial charge in [0.2, 0.25) is 29.6 Å². The summed E-state index contributed by atoms with van der Waals surface area (Å²) in [6.45, 7) is 1.99. The van der Waals surface area contributed by atoms with Gasteiger partial charge >= 0.3 is 0 Å². The van der Waals surface area contributed by atoms with Gasteiger partial charge in [-0.15, -0.1) is 0 Å². The van der Waals surface area contributed by atoms with Crippen LogP contribution in [0.15, 0.2) is 97.5 Å². The first-order valence-electron chi connectivity index (χ1n) is 22.6. The number of amides is 6. The van der Waals surface area contributed by atoms with Gasteiger partial charge in [0.05, 0.1) is 63.8 Å². The molecular formula is C50H49ClN8O7. The van der Waals surface area contributed by atoms with Gasteiger partial charge in [-0.3, -0.25) is 44.0 Å². The number of pyridine rings is 1. The molecule has 0 saturated carbocycles. The molecule has 3 saturated heterocycles. The Morgan fingerprint density at radius 3 is 2.36 bits per heavy atom. The number of fused-ring (bicyclic) bond motifs is 1. The van der Waals surface area contributed by atoms with Crippen molar-refractivity contribution in [3.8, 4) is 28.1 Å². The number of piperidine rings is 2. The number of likely N-dealkylation sites (tertiary alicyclic amines) is 1. The van der Waals surface area contributed by atoms with Gasteiger partial charge in [-0.2, -0.15) is 0 Å². The van der Waals surface area contributed by atoms with E-state index in [4.69, 9.17) is 21.3 Å². The van der Waals surface area contributed by atoms with Crippen molar-refractivity contribution in [3.05, 3.63) is 114 Å². The van der Waals surface area contributed by atoms with E-state index >= 15 is 0 Å². The number of unbranched alkanes of at least 4 members (excludes halogenated alkanes) is 4. The number of anilines is 3. The van der Waals surface area contributed by atoms with E-state index in [0.717, 1.165) is 53.7 Å². The van der Waals surface area contributed by atoms with Crippen LogP contribution in [0.25, 0.3) is 22.4 Å². The van der Waals surface area contributed by atoms with Crippen LogP contribution in [-0.2, 0) is 19.2 Å². The third-order valence-corrected chi connectivity index (χ3v) is 13.4. The summed E-state index contributed by atoms with van der Waals surface area (Å²) in [6.07, 6.45) is 11.6. The maximum Gasteiger partial charge on any atom is 0.266 e. The monoisotopic (exact) mass is 908 g/mol. The first kappa shape index (κ1) is 44.2. The van der Waals surface area contributed by atoms with E-state index in [1.165, 1.54) is 0 Å². The van der Waals surface area contributed by atoms with Crippen LogP contribution in [0.4, 0.5) is 17.3 Å². The molecule has 0 aliphatic carbocycles. The molecule has 9 rings (SSSR count). The Bertz CT molecular complexity index is 2710. The molecule has 66 heavy (non-hydrogen) atoms. The second-order valence-corrected chi connectivity index (χ2v) is 17.7. The van der Waals surface area contributed by atoms with Crippen molar-refractivity contribution < 1.29 is 33.5 Å². The highest BCUT2D eigenvalue weighted by atomic mass is 35.5. The van der Waals surface area contributed by atoms with E-state index in [1.807, 2.05) is 53.4 Å². The SMILES string of the molecule is O=C1CCC(N2C(=O)c3cccc(OCCCCCCCC(=O)N4CCC5(CC4)CCN(c4cncc(Nc6ncc(Cl)c(-c7cccc(-c8ccccc8)c7)n6)c4)C5=O)c3C2=O)C(=O)N1. The molecule has 16 heteroatoms. The first-order chi connectivity index (χ1) is 32.1. The van der Waals surface area contributed by atoms with E-state index in [0.29, 0.717) is 85.7 Å². The second kappa shape index (κ2) is 19.2. The number of hydrogen-bond donors (Lipinski definition) is 2. The summed E-state index contributed by atoms with van der Waals surface area (Å²) < 4.78 is 5.95. The van der Waals surface area contributed by atoms with Gasteiger partial charge in [-0.25, -0.2) is 9.97 Å². The molecule has 0 bridgehead atoms. The summed E-state index contributed by atoms with van der Waals surface area (Å²) in [5.41, 5.74) is 4.71. The lowest BCUT2D eigenvalue weighted by Crippen LogP contribution is -2.54. The van der Waals surface area contributed by atoms with Crippen LogP contribution in [-0.4, -0.2) is 92.5 Å². The molecule has 2 N–H and O–H groups in total. The second-order valence-electron chi connectivity index (χ2n) is 17.3. The summed E-state index contributed by atoms with van der Waals surface area (Å²) >= 11 is 6.60. The van der Waals surface area contributed by atoms with Crippen molar-refractivity contribution in [2.45, 2.75) is 76.7 Å². The molecule has 2 aromatic heterocycles. The van der Waals surface area contributed by atoms with Crippen molar-refractivity contribution in [3.63, 3.8) is 0 Å². The molecule has 338 valence electrons. The smallest absolute Gasteiger partial charge is 0.266 e. The fraction of sp³-hybridized carbons (Fsp3) is 0.340. The number of nitrogens with zero attached hydrogens (tertiary/aromatic N) is 6. The number of carbonyl (C=O) groups is 6. The van der Waals surface area contributed by atoms with Crippen LogP contribution >= 0.6 is 11.6 Å². The molecule has 5 aromatic rings. The maximum atomic E-state index is 14.0. The Hall–Kier alpha value is -7.00. The highest BCUT2D eigenvalue weighted by Gasteiger charge is 2.49. The average molecular weight is 909 g/mol. The number of imide groups is 2. The van der Waals surface area contributed by atoms with Gasteiger partial charge in [0.25, 0.3) is 11.8 Å². The highest BCUT2D eigenvalue weighted by Crippen LogP contribution is 2.44. The van der Waals surface area contributed by atoms with Gasteiger partial charge in [-0.05, 0) is 73.9 Å². The number of aromatic nitrogens is 3. The van der Waals surface area contributed by atoms with Crippen molar-refractivity contribution in [1.82, 2.24) is 30.1 Å². The van der Waals surface area contributed by atoms with E-state index in [2.05, 4.69) is 32.7 Å². The fourth-order valence-corrected chi connectivity index (χ4v) is 9.65. The van der Waals surface area contributed by atoms with Crippen molar-refractivity contribution in [2.24, 2.45) is 5.41 Å². The first-order valence-corrected chi connectivity index (χ1v) is 22.9. The van der Waals surface area contributed by atoms with Gasteiger partial charge < -0.3 is 19.9 Å². The molecule has 3 fully saturated rings. The standard InChI is InChI=1S/C50H49ClN8O7/c51-38-31-53-49(56-44(38)34-14-9-13-33(27-34)32-11-5-4-6-12-32)54-35-28-36(30-52-29-35)58-25-22-50(48(58)65)20-23-57(24-21-50)42(61)17-7-2-1-3-8-26-66-40-16-10-15-37-43(40)47(64)59(46(37)63)39-18-19-41(60)55-45(39)62/h4-6,9-16,27-31,39H,1-3,7-8,17-26H2,(H,53,54,56)(H,55,60,62). The third kappa shape index (κ3) is 9.12. The fourth-order valence-electron chi connectivity index (χ4n) is 9.45. The number of rotatable bonds is 15. The van der Waals surface area contributed by atoms with Crippen LogP contribution in [0.3, 0.4) is 0 Å². The number of hydrogen-bond acceptors (Lipinski definition) is 11. The van der Waals surface area contributed by atoms with E-state index in [-0.39, 0.29) is 35.8 Å². The molecule has 0 radical (unpaired) electrons. The molecule has 4 aliphatic rings. The van der Waals surface area contributed by atoms with Crippen LogP contribution < -0.4 is 20.3 Å². The number of benzene rings is 3. The lowest BCUT2D eigenvalue weighted by atomic mass is 9.77. The molecule has 1 unspecified atom stereocenters. The summed E-state index contributed by atoms with van der Waals surface area (Å²) in [5.74, 6) is -1.43. The Morgan fingerprint density at radius 1 is 0.803 bits per heavy atom. The summed E-state index contributed by atoms with van der Waals surface area (Å²) in [6, 6.07) is 23.8. The molecule has 6 heterocycles. The number of carbonyl (C=O) groups excluding carboxylic acids is 6. The topological polar surface area (TPSA) is 184 Å². The minimum Gasteiger partial charge on any atom is -0.493 e. The third-order valence-electron chi connectivity index (χ3n) is 13.1. The molecule has 1 spiro atoms. The number of ether oxygens (including phenoxy) is 1. The van der Waals surface area contributed by atoms with E-state index < -0.39 is 35.1 Å². The van der Waals surface area contributed by atoms with E-state index in [9.17, 15) is 28.8 Å². The van der Waals surface area contributed by atoms with Crippen LogP contribution in [0.1, 0.15) is 91.3 Å². The quantitative estimate of drug-likeness (QED) is 0.0773. The van der Waals surface area contributed by atoms with Crippen LogP contribution in [0.5, 0.6) is 5.75 Å². The number of nitrogens with one attached hydrogen (secondary N) is 2. The van der Waals surface area contributed by atoms with Crippen molar-refractivity contribution >= 4 is 64.4 Å². The molecule has 15 nitrogen and oxygen atoms in total. The predicted molar refractivity (Wildman–Crippen MR) is 247 cm³/mol. The molecule has 4 aliphatic heterocycles. The van der Waals surface area contributed by atoms with E-state index in [1.54, 1.807) is 41.7 Å². The largest absolute Gasteiger partial charge is 0.493 e. The zero-order valence-corrected chi connectivity index (χ0v) is 37.1.